The van der Waals surface area contributed by atoms with Gasteiger partial charge in [0, 0.05) is 6.42 Å². The zero-order valence-corrected chi connectivity index (χ0v) is 5.72. The highest BCUT2D eigenvalue weighted by atomic mass is 16.3. The van der Waals surface area contributed by atoms with Crippen molar-refractivity contribution in [3.63, 3.8) is 0 Å². The standard InChI is InChI=1S/C7H13NO/c1-3-6(2)7(9)4-5-8/h3,9H,1,4-5,8H2,2H3/b7-6+. The van der Waals surface area contributed by atoms with Crippen LogP contribution < -0.4 is 5.73 Å². The van der Waals surface area contributed by atoms with E-state index in [1.807, 2.05) is 0 Å². The van der Waals surface area contributed by atoms with Crippen molar-refractivity contribution in [1.82, 2.24) is 0 Å². The third kappa shape index (κ3) is 2.93. The molecule has 0 aliphatic carbocycles. The van der Waals surface area contributed by atoms with Gasteiger partial charge in [0.25, 0.3) is 0 Å². The Morgan fingerprint density at radius 3 is 2.67 bits per heavy atom. The zero-order valence-electron chi connectivity index (χ0n) is 5.72. The summed E-state index contributed by atoms with van der Waals surface area (Å²) in [5, 5.41) is 9.05. The first-order valence-corrected chi connectivity index (χ1v) is 2.93. The van der Waals surface area contributed by atoms with Gasteiger partial charge in [0.2, 0.25) is 0 Å². The van der Waals surface area contributed by atoms with E-state index < -0.39 is 0 Å². The number of hydrogen-bond donors (Lipinski definition) is 2. The van der Waals surface area contributed by atoms with Gasteiger partial charge in [-0.2, -0.15) is 0 Å². The van der Waals surface area contributed by atoms with Crippen molar-refractivity contribution < 1.29 is 5.11 Å². The molecule has 0 unspecified atom stereocenters. The molecule has 0 radical (unpaired) electrons. The van der Waals surface area contributed by atoms with Gasteiger partial charge in [0.15, 0.2) is 0 Å². The summed E-state index contributed by atoms with van der Waals surface area (Å²) in [4.78, 5) is 0. The van der Waals surface area contributed by atoms with Crippen molar-refractivity contribution in [2.75, 3.05) is 6.54 Å². The SMILES string of the molecule is C=C/C(C)=C(/O)CCN. The van der Waals surface area contributed by atoms with Crippen molar-refractivity contribution >= 4 is 0 Å². The molecule has 0 rings (SSSR count). The van der Waals surface area contributed by atoms with Gasteiger partial charge >= 0.3 is 0 Å². The molecule has 52 valence electrons. The lowest BCUT2D eigenvalue weighted by Crippen LogP contribution is -2.00. The molecule has 0 atom stereocenters. The molecule has 2 heteroatoms. The number of aliphatic hydroxyl groups is 1. The summed E-state index contributed by atoms with van der Waals surface area (Å²) in [5.74, 6) is 0.340. The van der Waals surface area contributed by atoms with Gasteiger partial charge < -0.3 is 10.8 Å². The molecular formula is C7H13NO. The van der Waals surface area contributed by atoms with Gasteiger partial charge in [-0.25, -0.2) is 0 Å². The van der Waals surface area contributed by atoms with E-state index in [1.54, 1.807) is 13.0 Å². The fourth-order valence-corrected chi connectivity index (χ4v) is 0.452. The Morgan fingerprint density at radius 2 is 2.33 bits per heavy atom. The van der Waals surface area contributed by atoms with Crippen LogP contribution in [0.4, 0.5) is 0 Å². The topological polar surface area (TPSA) is 46.2 Å². The Kier molecular flexibility index (Phi) is 3.80. The first-order chi connectivity index (χ1) is 4.22. The second kappa shape index (κ2) is 4.15. The minimum Gasteiger partial charge on any atom is -0.512 e. The third-order valence-corrected chi connectivity index (χ3v) is 1.14. The largest absolute Gasteiger partial charge is 0.512 e. The van der Waals surface area contributed by atoms with E-state index >= 15 is 0 Å². The van der Waals surface area contributed by atoms with Gasteiger partial charge in [0.05, 0.1) is 5.76 Å². The average molecular weight is 127 g/mol. The van der Waals surface area contributed by atoms with Crippen LogP contribution in [0.2, 0.25) is 0 Å². The second-order valence-electron chi connectivity index (χ2n) is 1.87. The molecule has 0 bridgehead atoms. The number of nitrogens with two attached hydrogens (primary N) is 1. The van der Waals surface area contributed by atoms with Crippen LogP contribution in [-0.4, -0.2) is 11.7 Å². The van der Waals surface area contributed by atoms with E-state index in [4.69, 9.17) is 10.8 Å². The van der Waals surface area contributed by atoms with Crippen molar-refractivity contribution in [2.24, 2.45) is 5.73 Å². The molecule has 0 fully saturated rings. The summed E-state index contributed by atoms with van der Waals surface area (Å²) in [6.45, 7) is 5.79. The van der Waals surface area contributed by atoms with Crippen molar-refractivity contribution in [2.45, 2.75) is 13.3 Å². The molecule has 2 nitrogen and oxygen atoms in total. The first kappa shape index (κ1) is 8.24. The van der Waals surface area contributed by atoms with Crippen molar-refractivity contribution in [3.05, 3.63) is 24.0 Å². The molecule has 0 aromatic heterocycles. The lowest BCUT2D eigenvalue weighted by molar-refractivity contribution is 0.385. The fraction of sp³-hybridized carbons (Fsp3) is 0.429. The van der Waals surface area contributed by atoms with Crippen LogP contribution in [-0.2, 0) is 0 Å². The summed E-state index contributed by atoms with van der Waals surface area (Å²) < 4.78 is 0. The molecule has 3 N–H and O–H groups in total. The van der Waals surface area contributed by atoms with Crippen LogP contribution >= 0.6 is 0 Å². The zero-order chi connectivity index (χ0) is 7.28. The summed E-state index contributed by atoms with van der Waals surface area (Å²) in [6, 6.07) is 0. The predicted molar refractivity (Wildman–Crippen MR) is 39.2 cm³/mol. The molecule has 0 aromatic rings. The van der Waals surface area contributed by atoms with E-state index in [1.165, 1.54) is 0 Å². The van der Waals surface area contributed by atoms with Crippen LogP contribution in [0.1, 0.15) is 13.3 Å². The van der Waals surface area contributed by atoms with E-state index in [0.29, 0.717) is 18.7 Å². The lowest BCUT2D eigenvalue weighted by Gasteiger charge is -1.97. The molecule has 9 heavy (non-hydrogen) atoms. The maximum absolute atomic E-state index is 9.05. The maximum Gasteiger partial charge on any atom is 0.0964 e. The van der Waals surface area contributed by atoms with Crippen LogP contribution in [0.15, 0.2) is 24.0 Å². The Balaban J connectivity index is 3.93. The molecule has 0 aromatic carbocycles. The minimum atomic E-state index is 0.340. The molecule has 0 aliphatic rings. The van der Waals surface area contributed by atoms with Gasteiger partial charge in [-0.05, 0) is 19.0 Å². The van der Waals surface area contributed by atoms with Crippen LogP contribution in [0, 0.1) is 0 Å². The summed E-state index contributed by atoms with van der Waals surface area (Å²) >= 11 is 0. The average Bonchev–Trinajstić information content (AvgIpc) is 1.87. The second-order valence-corrected chi connectivity index (χ2v) is 1.87. The number of aliphatic hydroxyl groups excluding tert-OH is 1. The Morgan fingerprint density at radius 1 is 1.78 bits per heavy atom. The molecule has 0 saturated carbocycles. The van der Waals surface area contributed by atoms with Crippen LogP contribution in [0.25, 0.3) is 0 Å². The van der Waals surface area contributed by atoms with Crippen molar-refractivity contribution in [1.29, 1.82) is 0 Å². The van der Waals surface area contributed by atoms with E-state index in [2.05, 4.69) is 6.58 Å². The Hall–Kier alpha value is -0.760. The maximum atomic E-state index is 9.05. The number of hydrogen-bond acceptors (Lipinski definition) is 2. The van der Waals surface area contributed by atoms with E-state index in [9.17, 15) is 0 Å². The highest BCUT2D eigenvalue weighted by molar-refractivity contribution is 5.16. The normalized spacial score (nSPS) is 12.7. The van der Waals surface area contributed by atoms with Crippen LogP contribution in [0.3, 0.4) is 0 Å². The Bertz CT molecular complexity index is 127. The highest BCUT2D eigenvalue weighted by Gasteiger charge is 1.92. The lowest BCUT2D eigenvalue weighted by atomic mass is 10.2. The van der Waals surface area contributed by atoms with Gasteiger partial charge in [-0.15, -0.1) is 0 Å². The van der Waals surface area contributed by atoms with Gasteiger partial charge in [-0.1, -0.05) is 12.7 Å². The molecular weight excluding hydrogens is 114 g/mol. The highest BCUT2D eigenvalue weighted by Crippen LogP contribution is 2.03. The molecule has 0 spiro atoms. The van der Waals surface area contributed by atoms with Crippen molar-refractivity contribution in [3.8, 4) is 0 Å². The van der Waals surface area contributed by atoms with Gasteiger partial charge in [0.1, 0.15) is 0 Å². The molecule has 0 amide bonds. The van der Waals surface area contributed by atoms with Crippen LogP contribution in [0.5, 0.6) is 0 Å². The predicted octanol–water partition coefficient (Wildman–Crippen LogP) is 1.35. The van der Waals surface area contributed by atoms with E-state index in [0.717, 1.165) is 5.57 Å². The quantitative estimate of drug-likeness (QED) is 0.444. The fourth-order valence-electron chi connectivity index (χ4n) is 0.452. The van der Waals surface area contributed by atoms with Gasteiger partial charge in [-0.3, -0.25) is 0 Å². The Labute approximate surface area is 55.7 Å². The summed E-state index contributed by atoms with van der Waals surface area (Å²) in [5.41, 5.74) is 6.00. The smallest absolute Gasteiger partial charge is 0.0964 e. The first-order valence-electron chi connectivity index (χ1n) is 2.93. The summed E-state index contributed by atoms with van der Waals surface area (Å²) in [6.07, 6.45) is 2.16. The minimum absolute atomic E-state index is 0.340. The molecule has 0 aliphatic heterocycles. The molecule has 0 heterocycles. The third-order valence-electron chi connectivity index (χ3n) is 1.14. The summed E-state index contributed by atoms with van der Waals surface area (Å²) in [7, 11) is 0. The monoisotopic (exact) mass is 127 g/mol. The molecule has 0 saturated heterocycles. The van der Waals surface area contributed by atoms with E-state index in [-0.39, 0.29) is 0 Å². The number of rotatable bonds is 3. The number of allylic oxidation sites excluding steroid dienone is 2.